The first kappa shape index (κ1) is 15.1. The summed E-state index contributed by atoms with van der Waals surface area (Å²) in [5, 5.41) is 3.06. The van der Waals surface area contributed by atoms with Gasteiger partial charge in [-0.3, -0.25) is 4.79 Å². The van der Waals surface area contributed by atoms with Gasteiger partial charge in [-0.2, -0.15) is 0 Å². The molecule has 0 spiro atoms. The number of methoxy groups -OCH3 is 1. The summed E-state index contributed by atoms with van der Waals surface area (Å²) in [5.74, 6) is 0.900. The number of hydrogen-bond donors (Lipinski definition) is 1. The molecule has 0 aliphatic heterocycles. The van der Waals surface area contributed by atoms with Crippen LogP contribution in [0.2, 0.25) is 0 Å². The van der Waals surface area contributed by atoms with Gasteiger partial charge in [0.25, 0.3) is 0 Å². The zero-order valence-electron chi connectivity index (χ0n) is 12.4. The summed E-state index contributed by atoms with van der Waals surface area (Å²) in [7, 11) is 1.64. The van der Waals surface area contributed by atoms with Gasteiger partial charge in [0.2, 0.25) is 5.91 Å². The molecule has 0 atom stereocenters. The quantitative estimate of drug-likeness (QED) is 0.881. The van der Waals surface area contributed by atoms with E-state index in [1.54, 1.807) is 7.11 Å². The molecule has 3 nitrogen and oxygen atoms in total. The molecule has 3 rings (SSSR count). The van der Waals surface area contributed by atoms with Gasteiger partial charge < -0.3 is 10.1 Å². The van der Waals surface area contributed by atoms with Crippen LogP contribution in [0, 0.1) is 0 Å². The molecule has 1 fully saturated rings. The van der Waals surface area contributed by atoms with Crippen LogP contribution in [0.15, 0.2) is 53.0 Å². The smallest absolute Gasteiger partial charge is 0.230 e. The fourth-order valence-corrected chi connectivity index (χ4v) is 3.00. The first-order valence-corrected chi connectivity index (χ1v) is 8.11. The summed E-state index contributed by atoms with van der Waals surface area (Å²) in [5.41, 5.74) is 1.74. The maximum atomic E-state index is 12.6. The van der Waals surface area contributed by atoms with Crippen LogP contribution in [-0.4, -0.2) is 13.0 Å². The number of ether oxygens (including phenoxy) is 1. The van der Waals surface area contributed by atoms with E-state index in [4.69, 9.17) is 4.74 Å². The number of benzene rings is 2. The van der Waals surface area contributed by atoms with E-state index in [0.717, 1.165) is 34.2 Å². The molecule has 0 aromatic heterocycles. The van der Waals surface area contributed by atoms with Gasteiger partial charge >= 0.3 is 0 Å². The van der Waals surface area contributed by atoms with E-state index in [2.05, 4.69) is 21.2 Å². The zero-order valence-corrected chi connectivity index (χ0v) is 14.0. The molecule has 0 heterocycles. The number of carbonyl (C=O) groups is 1. The molecule has 2 aromatic carbocycles. The Balaban J connectivity index is 1.71. The van der Waals surface area contributed by atoms with Crippen LogP contribution in [0.4, 0.5) is 0 Å². The van der Waals surface area contributed by atoms with Gasteiger partial charge in [-0.05, 0) is 36.6 Å². The average molecular weight is 360 g/mol. The molecule has 1 aliphatic rings. The highest BCUT2D eigenvalue weighted by atomic mass is 79.9. The Kier molecular flexibility index (Phi) is 4.21. The third-order valence-corrected chi connectivity index (χ3v) is 4.74. The lowest BCUT2D eigenvalue weighted by Crippen LogP contribution is -2.34. The van der Waals surface area contributed by atoms with Crippen molar-refractivity contribution in [3.8, 4) is 5.75 Å². The van der Waals surface area contributed by atoms with Crippen LogP contribution in [0.1, 0.15) is 24.0 Å². The fourth-order valence-electron chi connectivity index (χ4n) is 2.73. The second-order valence-electron chi connectivity index (χ2n) is 5.58. The highest BCUT2D eigenvalue weighted by molar-refractivity contribution is 9.10. The maximum absolute atomic E-state index is 12.6. The van der Waals surface area contributed by atoms with Gasteiger partial charge in [-0.1, -0.05) is 46.3 Å². The molecule has 1 aliphatic carbocycles. The van der Waals surface area contributed by atoms with E-state index < -0.39 is 0 Å². The normalized spacial score (nSPS) is 15.2. The molecule has 0 radical (unpaired) electrons. The predicted octanol–water partition coefficient (Wildman–Crippen LogP) is 3.81. The molecule has 1 saturated carbocycles. The lowest BCUT2D eigenvalue weighted by molar-refractivity contribution is -0.123. The minimum Gasteiger partial charge on any atom is -0.496 e. The third kappa shape index (κ3) is 2.88. The third-order valence-electron chi connectivity index (χ3n) is 4.21. The number of halogens is 1. The fraction of sp³-hybridized carbons (Fsp3) is 0.278. The predicted molar refractivity (Wildman–Crippen MR) is 89.9 cm³/mol. The second kappa shape index (κ2) is 6.13. The van der Waals surface area contributed by atoms with Crippen LogP contribution in [0.3, 0.4) is 0 Å². The van der Waals surface area contributed by atoms with E-state index >= 15 is 0 Å². The van der Waals surface area contributed by atoms with Gasteiger partial charge in [0.1, 0.15) is 5.75 Å². The summed E-state index contributed by atoms with van der Waals surface area (Å²) in [4.78, 5) is 12.6. The molecular weight excluding hydrogens is 342 g/mol. The molecule has 4 heteroatoms. The van der Waals surface area contributed by atoms with Crippen LogP contribution < -0.4 is 10.1 Å². The Morgan fingerprint density at radius 3 is 2.50 bits per heavy atom. The largest absolute Gasteiger partial charge is 0.496 e. The van der Waals surface area contributed by atoms with Gasteiger partial charge in [-0.15, -0.1) is 0 Å². The first-order valence-electron chi connectivity index (χ1n) is 7.32. The maximum Gasteiger partial charge on any atom is 0.230 e. The number of carbonyl (C=O) groups excluding carboxylic acids is 1. The number of amides is 1. The number of nitrogens with one attached hydrogen (secondary N) is 1. The van der Waals surface area contributed by atoms with E-state index in [1.807, 2.05) is 48.5 Å². The van der Waals surface area contributed by atoms with Gasteiger partial charge in [-0.25, -0.2) is 0 Å². The van der Waals surface area contributed by atoms with Crippen molar-refractivity contribution >= 4 is 21.8 Å². The number of rotatable bonds is 5. The second-order valence-corrected chi connectivity index (χ2v) is 6.50. The summed E-state index contributed by atoms with van der Waals surface area (Å²) in [6.07, 6.45) is 1.82. The minimum absolute atomic E-state index is 0.0979. The van der Waals surface area contributed by atoms with E-state index in [9.17, 15) is 4.79 Å². The summed E-state index contributed by atoms with van der Waals surface area (Å²) < 4.78 is 6.35. The molecule has 1 N–H and O–H groups in total. The van der Waals surface area contributed by atoms with Gasteiger partial charge in [0.15, 0.2) is 0 Å². The Hall–Kier alpha value is -1.81. The molecule has 114 valence electrons. The highest BCUT2D eigenvalue weighted by Crippen LogP contribution is 2.48. The minimum atomic E-state index is -0.345. The zero-order chi connectivity index (χ0) is 15.6. The van der Waals surface area contributed by atoms with Crippen molar-refractivity contribution in [2.24, 2.45) is 0 Å². The molecule has 0 unspecified atom stereocenters. The van der Waals surface area contributed by atoms with Crippen LogP contribution in [0.5, 0.6) is 5.75 Å². The highest BCUT2D eigenvalue weighted by Gasteiger charge is 2.51. The Morgan fingerprint density at radius 2 is 1.86 bits per heavy atom. The monoisotopic (exact) mass is 359 g/mol. The molecule has 1 amide bonds. The van der Waals surface area contributed by atoms with Crippen LogP contribution >= 0.6 is 15.9 Å². The lowest BCUT2D eigenvalue weighted by atomic mass is 9.95. The molecule has 0 bridgehead atoms. The van der Waals surface area contributed by atoms with E-state index in [-0.39, 0.29) is 11.3 Å². The lowest BCUT2D eigenvalue weighted by Gasteiger charge is -2.17. The summed E-state index contributed by atoms with van der Waals surface area (Å²) >= 11 is 3.43. The van der Waals surface area contributed by atoms with Crippen molar-refractivity contribution in [1.29, 1.82) is 0 Å². The molecule has 2 aromatic rings. The van der Waals surface area contributed by atoms with Crippen molar-refractivity contribution in [2.45, 2.75) is 24.8 Å². The first-order chi connectivity index (χ1) is 10.7. The summed E-state index contributed by atoms with van der Waals surface area (Å²) in [6, 6.07) is 15.8. The Morgan fingerprint density at radius 1 is 1.18 bits per heavy atom. The topological polar surface area (TPSA) is 38.3 Å². The molecular formula is C18H18BrNO2. The molecule has 0 saturated heterocycles. The van der Waals surface area contributed by atoms with Crippen molar-refractivity contribution < 1.29 is 9.53 Å². The van der Waals surface area contributed by atoms with Crippen LogP contribution in [-0.2, 0) is 16.8 Å². The van der Waals surface area contributed by atoms with E-state index in [0.29, 0.717) is 6.54 Å². The average Bonchev–Trinajstić information content (AvgIpc) is 3.35. The van der Waals surface area contributed by atoms with Crippen molar-refractivity contribution in [1.82, 2.24) is 5.32 Å². The number of para-hydroxylation sites is 1. The van der Waals surface area contributed by atoms with Crippen molar-refractivity contribution in [2.75, 3.05) is 7.11 Å². The van der Waals surface area contributed by atoms with Crippen molar-refractivity contribution in [3.63, 3.8) is 0 Å². The standard InChI is InChI=1S/C18H18BrNO2/c1-22-16-5-3-2-4-13(16)12-20-17(21)18(10-11-18)14-6-8-15(19)9-7-14/h2-9H,10-12H2,1H3,(H,20,21). The van der Waals surface area contributed by atoms with E-state index in [1.165, 1.54) is 0 Å². The summed E-state index contributed by atoms with van der Waals surface area (Å²) in [6.45, 7) is 0.487. The van der Waals surface area contributed by atoms with Crippen LogP contribution in [0.25, 0.3) is 0 Å². The Bertz CT molecular complexity index is 678. The Labute approximate surface area is 138 Å². The molecule has 22 heavy (non-hydrogen) atoms. The van der Waals surface area contributed by atoms with Crippen molar-refractivity contribution in [3.05, 3.63) is 64.1 Å². The SMILES string of the molecule is COc1ccccc1CNC(=O)C1(c2ccc(Br)cc2)CC1. The van der Waals surface area contributed by atoms with Gasteiger partial charge in [0, 0.05) is 16.6 Å². The number of hydrogen-bond acceptors (Lipinski definition) is 2. The van der Waals surface area contributed by atoms with Gasteiger partial charge in [0.05, 0.1) is 12.5 Å².